The van der Waals surface area contributed by atoms with Gasteiger partial charge in [0.2, 0.25) is 0 Å². The lowest BCUT2D eigenvalue weighted by Crippen LogP contribution is -2.04. The summed E-state index contributed by atoms with van der Waals surface area (Å²) in [4.78, 5) is 5.53. The molecule has 2 aromatic rings. The second kappa shape index (κ2) is 3.06. The first-order chi connectivity index (χ1) is 7.92. The Kier molecular flexibility index (Phi) is 1.67. The molecule has 2 aliphatic rings. The minimum absolute atomic E-state index is 0.289. The minimum atomic E-state index is 0.289. The molecule has 0 bridgehead atoms. The summed E-state index contributed by atoms with van der Waals surface area (Å²) in [5.41, 5.74) is 5.30. The van der Waals surface area contributed by atoms with Gasteiger partial charge in [0.05, 0.1) is 22.7 Å². The molecule has 1 saturated heterocycles. The molecule has 16 heavy (non-hydrogen) atoms. The van der Waals surface area contributed by atoms with E-state index in [0.29, 0.717) is 6.61 Å². The molecule has 80 valence electrons. The van der Waals surface area contributed by atoms with Gasteiger partial charge in [0, 0.05) is 5.56 Å². The zero-order valence-electron chi connectivity index (χ0n) is 8.47. The smallest absolute Gasteiger partial charge is 0.132 e. The predicted molar refractivity (Wildman–Crippen MR) is 60.6 cm³/mol. The van der Waals surface area contributed by atoms with Crippen molar-refractivity contribution in [3.63, 3.8) is 0 Å². The molecule has 4 heteroatoms. The maximum absolute atomic E-state index is 5.72. The quantitative estimate of drug-likeness (QED) is 0.708. The molecule has 4 rings (SSSR count). The Balaban J connectivity index is 1.87. The second-order valence-electron chi connectivity index (χ2n) is 3.99. The number of rotatable bonds is 1. The van der Waals surface area contributed by atoms with E-state index in [9.17, 15) is 0 Å². The van der Waals surface area contributed by atoms with Crippen LogP contribution in [-0.4, -0.2) is 11.6 Å². The maximum Gasteiger partial charge on any atom is 0.132 e. The van der Waals surface area contributed by atoms with Gasteiger partial charge in [0.15, 0.2) is 0 Å². The van der Waals surface area contributed by atoms with Crippen molar-refractivity contribution in [2.45, 2.75) is 12.7 Å². The molecule has 1 aromatic carbocycles. The molecule has 0 N–H and O–H groups in total. The van der Waals surface area contributed by atoms with Crippen LogP contribution in [0.1, 0.15) is 17.4 Å². The number of hydrogen-bond acceptors (Lipinski definition) is 4. The number of ether oxygens (including phenoxy) is 2. The van der Waals surface area contributed by atoms with E-state index < -0.39 is 0 Å². The third-order valence-electron chi connectivity index (χ3n) is 2.96. The van der Waals surface area contributed by atoms with Gasteiger partial charge < -0.3 is 9.47 Å². The first kappa shape index (κ1) is 8.73. The highest BCUT2D eigenvalue weighted by Crippen LogP contribution is 2.42. The summed E-state index contributed by atoms with van der Waals surface area (Å²) in [5, 5.41) is 0. The van der Waals surface area contributed by atoms with E-state index in [4.69, 9.17) is 9.47 Å². The molecule has 3 nitrogen and oxygen atoms in total. The zero-order chi connectivity index (χ0) is 10.5. The van der Waals surface area contributed by atoms with Crippen molar-refractivity contribution in [2.75, 3.05) is 6.61 Å². The van der Waals surface area contributed by atoms with E-state index in [1.807, 2.05) is 5.51 Å². The molecule has 1 atom stereocenters. The molecule has 0 saturated carbocycles. The monoisotopic (exact) mass is 231 g/mol. The van der Waals surface area contributed by atoms with Gasteiger partial charge in [0.1, 0.15) is 18.5 Å². The Morgan fingerprint density at radius 3 is 3.19 bits per heavy atom. The van der Waals surface area contributed by atoms with Crippen molar-refractivity contribution in [2.24, 2.45) is 0 Å². The lowest BCUT2D eigenvalue weighted by molar-refractivity contribution is 0.297. The summed E-state index contributed by atoms with van der Waals surface area (Å²) in [6.45, 7) is 1.42. The van der Waals surface area contributed by atoms with Gasteiger partial charge in [-0.3, -0.25) is 0 Å². The SMILES string of the molecule is c1nc2c(s1)-c1ccc(C3CO3)cc1OC2. The van der Waals surface area contributed by atoms with Crippen LogP contribution >= 0.6 is 11.3 Å². The number of thiazole rings is 1. The summed E-state index contributed by atoms with van der Waals surface area (Å²) >= 11 is 1.68. The van der Waals surface area contributed by atoms with Crippen molar-refractivity contribution in [1.82, 2.24) is 4.98 Å². The number of fused-ring (bicyclic) bond motifs is 3. The summed E-state index contributed by atoms with van der Waals surface area (Å²) in [5.74, 6) is 0.963. The number of aromatic nitrogens is 1. The average Bonchev–Trinajstić information content (AvgIpc) is 3.06. The fraction of sp³-hybridized carbons (Fsp3) is 0.250. The molecule has 0 radical (unpaired) electrons. The maximum atomic E-state index is 5.72. The van der Waals surface area contributed by atoms with E-state index in [-0.39, 0.29) is 6.10 Å². The Bertz CT molecular complexity index is 560. The van der Waals surface area contributed by atoms with Crippen LogP contribution < -0.4 is 4.74 Å². The summed E-state index contributed by atoms with van der Waals surface area (Å²) in [6.07, 6.45) is 0.289. The van der Waals surface area contributed by atoms with E-state index in [0.717, 1.165) is 23.6 Å². The normalized spacial score (nSPS) is 20.9. The number of hydrogen-bond donors (Lipinski definition) is 0. The molecule has 2 aliphatic heterocycles. The van der Waals surface area contributed by atoms with Gasteiger partial charge in [-0.15, -0.1) is 11.3 Å². The summed E-state index contributed by atoms with van der Waals surface area (Å²) < 4.78 is 11.0. The van der Waals surface area contributed by atoms with Gasteiger partial charge >= 0.3 is 0 Å². The largest absolute Gasteiger partial charge is 0.487 e. The predicted octanol–water partition coefficient (Wildman–Crippen LogP) is 2.77. The van der Waals surface area contributed by atoms with Crippen LogP contribution in [0.3, 0.4) is 0 Å². The van der Waals surface area contributed by atoms with Crippen molar-refractivity contribution in [3.05, 3.63) is 35.0 Å². The van der Waals surface area contributed by atoms with Crippen LogP contribution in [-0.2, 0) is 11.3 Å². The lowest BCUT2D eigenvalue weighted by atomic mass is 10.0. The Hall–Kier alpha value is -1.39. The topological polar surface area (TPSA) is 34.7 Å². The number of epoxide rings is 1. The van der Waals surface area contributed by atoms with Crippen molar-refractivity contribution >= 4 is 11.3 Å². The molecule has 1 unspecified atom stereocenters. The average molecular weight is 231 g/mol. The first-order valence-corrected chi connectivity index (χ1v) is 6.11. The highest BCUT2D eigenvalue weighted by Gasteiger charge is 2.27. The molecule has 0 aliphatic carbocycles. The third kappa shape index (κ3) is 1.20. The van der Waals surface area contributed by atoms with E-state index in [1.54, 1.807) is 11.3 Å². The van der Waals surface area contributed by atoms with Crippen molar-refractivity contribution in [3.8, 4) is 16.2 Å². The van der Waals surface area contributed by atoms with Gasteiger partial charge in [-0.1, -0.05) is 6.07 Å². The molecule has 1 fully saturated rings. The highest BCUT2D eigenvalue weighted by atomic mass is 32.1. The van der Waals surface area contributed by atoms with E-state index in [1.165, 1.54) is 10.4 Å². The number of nitrogens with zero attached hydrogens (tertiary/aromatic N) is 1. The fourth-order valence-corrected chi connectivity index (χ4v) is 2.85. The Morgan fingerprint density at radius 1 is 1.38 bits per heavy atom. The van der Waals surface area contributed by atoms with Crippen LogP contribution in [0.15, 0.2) is 23.7 Å². The first-order valence-electron chi connectivity index (χ1n) is 5.23. The van der Waals surface area contributed by atoms with Gasteiger partial charge in [-0.25, -0.2) is 4.98 Å². The van der Waals surface area contributed by atoms with Crippen LogP contribution in [0.4, 0.5) is 0 Å². The Morgan fingerprint density at radius 2 is 2.31 bits per heavy atom. The highest BCUT2D eigenvalue weighted by molar-refractivity contribution is 7.13. The summed E-state index contributed by atoms with van der Waals surface area (Å²) in [7, 11) is 0. The van der Waals surface area contributed by atoms with Gasteiger partial charge in [-0.05, 0) is 17.7 Å². The molecule has 1 aromatic heterocycles. The molecule has 0 spiro atoms. The van der Waals surface area contributed by atoms with Crippen LogP contribution in [0.25, 0.3) is 10.4 Å². The standard InChI is InChI=1S/C12H9NO2S/c1-2-8-10(3-7(1)11-5-15-11)14-4-9-12(8)16-6-13-9/h1-3,6,11H,4-5H2. The zero-order valence-corrected chi connectivity index (χ0v) is 9.29. The van der Waals surface area contributed by atoms with Crippen LogP contribution in [0, 0.1) is 0 Å². The fourth-order valence-electron chi connectivity index (χ4n) is 2.02. The van der Waals surface area contributed by atoms with Gasteiger partial charge in [-0.2, -0.15) is 0 Å². The summed E-state index contributed by atoms with van der Waals surface area (Å²) in [6, 6.07) is 6.33. The number of benzene rings is 1. The van der Waals surface area contributed by atoms with Crippen molar-refractivity contribution in [1.29, 1.82) is 0 Å². The lowest BCUT2D eigenvalue weighted by Gasteiger charge is -2.17. The second-order valence-corrected chi connectivity index (χ2v) is 4.85. The van der Waals surface area contributed by atoms with Crippen LogP contribution in [0.2, 0.25) is 0 Å². The van der Waals surface area contributed by atoms with Crippen LogP contribution in [0.5, 0.6) is 5.75 Å². The molecular formula is C12H9NO2S. The Labute approximate surface area is 96.7 Å². The van der Waals surface area contributed by atoms with Gasteiger partial charge in [0.25, 0.3) is 0 Å². The van der Waals surface area contributed by atoms with E-state index in [2.05, 4.69) is 23.2 Å². The molecule has 3 heterocycles. The molecular weight excluding hydrogens is 222 g/mol. The van der Waals surface area contributed by atoms with Crippen molar-refractivity contribution < 1.29 is 9.47 Å². The van der Waals surface area contributed by atoms with E-state index >= 15 is 0 Å². The third-order valence-corrected chi connectivity index (χ3v) is 3.86. The minimum Gasteiger partial charge on any atom is -0.487 e. The molecule has 0 amide bonds.